The van der Waals surface area contributed by atoms with Crippen molar-refractivity contribution in [3.8, 4) is 0 Å². The molecular weight excluding hydrogens is 676 g/mol. The van der Waals surface area contributed by atoms with E-state index in [1.165, 1.54) is 0 Å². The average molecular weight is 731 g/mol. The second kappa shape index (κ2) is 29.1. The highest BCUT2D eigenvalue weighted by Crippen LogP contribution is 2.11. The largest absolute Gasteiger partial charge is 0.480 e. The zero-order valence-electron chi connectivity index (χ0n) is 28.1. The maximum atomic E-state index is 12.5. The smallest absolute Gasteiger partial charge is 0.320 e. The van der Waals surface area contributed by atoms with Crippen molar-refractivity contribution in [2.75, 3.05) is 138 Å². The average Bonchev–Trinajstić information content (AvgIpc) is 3.01. The molecular formula is C29H55ClN6O13. The molecule has 0 aromatic heterocycles. The molecule has 0 aromatic carbocycles. The maximum Gasteiger partial charge on any atom is 0.320 e. The van der Waals surface area contributed by atoms with Gasteiger partial charge in [0.1, 0.15) is 6.04 Å². The van der Waals surface area contributed by atoms with Crippen molar-refractivity contribution >= 4 is 42.2 Å². The number of halogens is 1. The van der Waals surface area contributed by atoms with Crippen molar-refractivity contribution in [3.63, 3.8) is 0 Å². The van der Waals surface area contributed by atoms with Gasteiger partial charge in [0.15, 0.2) is 0 Å². The van der Waals surface area contributed by atoms with Crippen molar-refractivity contribution < 1.29 is 63.3 Å². The number of nitrogens with two attached hydrogens (primary N) is 1. The maximum absolute atomic E-state index is 12.5. The molecule has 0 aliphatic carbocycles. The summed E-state index contributed by atoms with van der Waals surface area (Å²) in [6, 6.07) is -1.09. The van der Waals surface area contributed by atoms with Crippen molar-refractivity contribution in [3.05, 3.63) is 0 Å². The molecule has 0 radical (unpaired) electrons. The molecule has 1 rings (SSSR count). The number of amides is 1. The number of hydrogen-bond acceptors (Lipinski definition) is 14. The Labute approximate surface area is 292 Å². The van der Waals surface area contributed by atoms with E-state index in [-0.39, 0.29) is 116 Å². The molecule has 1 aliphatic rings. The van der Waals surface area contributed by atoms with Gasteiger partial charge < -0.3 is 50.4 Å². The first-order chi connectivity index (χ1) is 23.0. The highest BCUT2D eigenvalue weighted by molar-refractivity contribution is 5.85. The lowest BCUT2D eigenvalue weighted by atomic mass is 10.1. The molecule has 19 nitrogen and oxygen atoms in total. The summed E-state index contributed by atoms with van der Waals surface area (Å²) in [7, 11) is 0. The number of carbonyl (C=O) groups excluding carboxylic acids is 1. The van der Waals surface area contributed by atoms with Crippen molar-refractivity contribution in [2.45, 2.75) is 18.9 Å². The van der Waals surface area contributed by atoms with Gasteiger partial charge in [-0.05, 0) is 6.42 Å². The molecule has 20 heteroatoms. The van der Waals surface area contributed by atoms with Gasteiger partial charge in [-0.2, -0.15) is 0 Å². The number of rotatable bonds is 25. The number of carboxylic acids is 4. The van der Waals surface area contributed by atoms with Crippen LogP contribution in [0.1, 0.15) is 12.8 Å². The first kappa shape index (κ1) is 46.3. The van der Waals surface area contributed by atoms with E-state index in [9.17, 15) is 44.4 Å². The van der Waals surface area contributed by atoms with Gasteiger partial charge in [-0.15, -0.1) is 12.4 Å². The monoisotopic (exact) mass is 730 g/mol. The number of hydrogen-bond donors (Lipinski definition) is 6. The fourth-order valence-corrected chi connectivity index (χ4v) is 4.84. The topological polar surface area (TPSA) is 254 Å². The van der Waals surface area contributed by atoms with Gasteiger partial charge >= 0.3 is 23.9 Å². The van der Waals surface area contributed by atoms with Crippen LogP contribution in [-0.2, 0) is 42.9 Å². The normalized spacial score (nSPS) is 16.5. The van der Waals surface area contributed by atoms with E-state index >= 15 is 0 Å². The van der Waals surface area contributed by atoms with E-state index in [1.807, 2.05) is 0 Å². The lowest BCUT2D eigenvalue weighted by Crippen LogP contribution is -2.52. The Morgan fingerprint density at radius 2 is 0.959 bits per heavy atom. The van der Waals surface area contributed by atoms with Crippen LogP contribution in [0, 0.1) is 0 Å². The van der Waals surface area contributed by atoms with Crippen LogP contribution in [0.3, 0.4) is 0 Å². The molecule has 0 saturated carbocycles. The minimum atomic E-state index is -1.16. The van der Waals surface area contributed by atoms with Gasteiger partial charge in [-0.1, -0.05) is 0 Å². The van der Waals surface area contributed by atoms with E-state index in [4.69, 9.17) is 24.7 Å². The van der Waals surface area contributed by atoms with Gasteiger partial charge in [0, 0.05) is 71.9 Å². The summed E-state index contributed by atoms with van der Waals surface area (Å²) in [6.07, 6.45) is -0.114. The Kier molecular flexibility index (Phi) is 27.4. The Bertz CT molecular complexity index is 922. The number of ether oxygens (including phenoxy) is 4. The lowest BCUT2D eigenvalue weighted by molar-refractivity contribution is -0.145. The van der Waals surface area contributed by atoms with Crippen molar-refractivity contribution in [2.24, 2.45) is 5.73 Å². The Morgan fingerprint density at radius 1 is 0.592 bits per heavy atom. The predicted molar refractivity (Wildman–Crippen MR) is 177 cm³/mol. The fraction of sp³-hybridized carbons (Fsp3) is 0.828. The zero-order chi connectivity index (χ0) is 35.6. The van der Waals surface area contributed by atoms with E-state index < -0.39 is 29.9 Å². The Balaban J connectivity index is 0.0000230. The molecule has 1 saturated heterocycles. The first-order valence-corrected chi connectivity index (χ1v) is 16.1. The van der Waals surface area contributed by atoms with Crippen LogP contribution in [0.4, 0.5) is 0 Å². The number of nitrogens with one attached hydrogen (secondary N) is 1. The number of aliphatic carboxylic acids is 4. The van der Waals surface area contributed by atoms with Crippen LogP contribution >= 0.6 is 12.4 Å². The molecule has 7 N–H and O–H groups in total. The SMILES string of the molecule is Cl.NCCOCCOCCOCCOCCNC(=O)CCC(C(=O)O)N1CCN(CC(=O)O)CCN(CC(=O)O)CCN(CC(=O)O)CC1. The Morgan fingerprint density at radius 3 is 1.33 bits per heavy atom. The highest BCUT2D eigenvalue weighted by Gasteiger charge is 2.28. The third-order valence-electron chi connectivity index (χ3n) is 7.27. The van der Waals surface area contributed by atoms with E-state index in [0.29, 0.717) is 52.8 Å². The molecule has 286 valence electrons. The summed E-state index contributed by atoms with van der Waals surface area (Å²) < 4.78 is 21.4. The molecule has 0 aromatic rings. The number of nitrogens with zero attached hydrogens (tertiary/aromatic N) is 4. The van der Waals surface area contributed by atoms with Crippen molar-refractivity contribution in [1.29, 1.82) is 0 Å². The molecule has 1 aliphatic heterocycles. The van der Waals surface area contributed by atoms with Gasteiger partial charge in [0.05, 0.1) is 72.5 Å². The summed E-state index contributed by atoms with van der Waals surface area (Å²) in [4.78, 5) is 65.7. The van der Waals surface area contributed by atoms with Gasteiger partial charge in [-0.3, -0.25) is 43.6 Å². The number of carbonyl (C=O) groups is 5. The molecule has 1 atom stereocenters. The molecule has 1 fully saturated rings. The second-order valence-electron chi connectivity index (χ2n) is 11.0. The second-order valence-corrected chi connectivity index (χ2v) is 11.0. The quantitative estimate of drug-likeness (QED) is 0.0521. The predicted octanol–water partition coefficient (Wildman–Crippen LogP) is -2.74. The summed E-state index contributed by atoms with van der Waals surface area (Å²) in [6.45, 7) is 4.37. The minimum Gasteiger partial charge on any atom is -0.480 e. The van der Waals surface area contributed by atoms with Gasteiger partial charge in [0.25, 0.3) is 0 Å². The van der Waals surface area contributed by atoms with E-state index in [2.05, 4.69) is 5.32 Å². The van der Waals surface area contributed by atoms with Gasteiger partial charge in [-0.25, -0.2) is 0 Å². The highest BCUT2D eigenvalue weighted by atomic mass is 35.5. The summed E-state index contributed by atoms with van der Waals surface area (Å²) in [5.74, 6) is -4.75. The first-order valence-electron chi connectivity index (χ1n) is 16.1. The van der Waals surface area contributed by atoms with Gasteiger partial charge in [0.2, 0.25) is 5.91 Å². The van der Waals surface area contributed by atoms with Crippen LogP contribution in [0.2, 0.25) is 0 Å². The molecule has 0 spiro atoms. The minimum absolute atomic E-state index is 0. The molecule has 1 heterocycles. The van der Waals surface area contributed by atoms with Crippen LogP contribution in [-0.4, -0.2) is 214 Å². The zero-order valence-corrected chi connectivity index (χ0v) is 28.9. The van der Waals surface area contributed by atoms with Crippen LogP contribution < -0.4 is 11.1 Å². The van der Waals surface area contributed by atoms with Crippen LogP contribution in [0.5, 0.6) is 0 Å². The standard InChI is InChI=1S/C29H54N6O13.ClH/c30-3-13-45-15-17-47-19-20-48-18-16-46-14-4-31-25(36)2-1-24(29(43)44)35-11-9-33(22-27(39)40)7-5-32(21-26(37)38)6-8-34(10-12-35)23-28(41)42;/h24H,1-23,30H2,(H,31,36)(H,37,38)(H,39,40)(H,41,42)(H,43,44);1H. The summed E-state index contributed by atoms with van der Waals surface area (Å²) in [5.41, 5.74) is 5.33. The Hall–Kier alpha value is -2.72. The summed E-state index contributed by atoms with van der Waals surface area (Å²) in [5, 5.41) is 40.9. The molecule has 1 unspecified atom stereocenters. The number of carboxylic acid groups (broad SMARTS) is 4. The van der Waals surface area contributed by atoms with Crippen LogP contribution in [0.25, 0.3) is 0 Å². The molecule has 0 bridgehead atoms. The third-order valence-corrected chi connectivity index (χ3v) is 7.27. The molecule has 49 heavy (non-hydrogen) atoms. The molecule has 1 amide bonds. The van der Waals surface area contributed by atoms with E-state index in [1.54, 1.807) is 19.6 Å². The lowest BCUT2D eigenvalue weighted by Gasteiger charge is -2.35. The third kappa shape index (κ3) is 25.0. The van der Waals surface area contributed by atoms with E-state index in [0.717, 1.165) is 0 Å². The van der Waals surface area contributed by atoms with Crippen LogP contribution in [0.15, 0.2) is 0 Å². The fourth-order valence-electron chi connectivity index (χ4n) is 4.84. The van der Waals surface area contributed by atoms with Crippen molar-refractivity contribution in [1.82, 2.24) is 24.9 Å². The summed E-state index contributed by atoms with van der Waals surface area (Å²) >= 11 is 0.